The molecule has 0 unspecified atom stereocenters. The molecular weight excluding hydrogens is 256 g/mol. The van der Waals surface area contributed by atoms with Gasteiger partial charge < -0.3 is 9.47 Å². The first-order chi connectivity index (χ1) is 9.08. The van der Waals surface area contributed by atoms with Gasteiger partial charge >= 0.3 is 6.09 Å². The van der Waals surface area contributed by atoms with Crippen LogP contribution in [0, 0.1) is 11.6 Å². The van der Waals surface area contributed by atoms with Crippen LogP contribution in [0.25, 0.3) is 11.3 Å². The fraction of sp³-hybridized carbons (Fsp3) is 0.154. The molecule has 1 aromatic heterocycles. The number of ether oxygens (including phenoxy) is 2. The molecule has 0 atom stereocenters. The number of nitrogens with zero attached hydrogens (tertiary/aromatic N) is 1. The Labute approximate surface area is 108 Å². The molecule has 0 amide bonds. The molecule has 4 nitrogen and oxygen atoms in total. The zero-order valence-corrected chi connectivity index (χ0v) is 10.3. The highest BCUT2D eigenvalue weighted by atomic mass is 19.1. The van der Waals surface area contributed by atoms with Crippen LogP contribution >= 0.6 is 0 Å². The molecule has 0 N–H and O–H groups in total. The third-order valence-electron chi connectivity index (χ3n) is 2.63. The van der Waals surface area contributed by atoms with Crippen molar-refractivity contribution in [3.63, 3.8) is 0 Å². The van der Waals surface area contributed by atoms with Crippen LogP contribution in [0.2, 0.25) is 0 Å². The van der Waals surface area contributed by atoms with Gasteiger partial charge in [0.05, 0.1) is 14.2 Å². The summed E-state index contributed by atoms with van der Waals surface area (Å²) in [5.41, 5.74) is 0.223. The Hall–Kier alpha value is -2.37. The topological polar surface area (TPSA) is 40.5 Å². The SMILES string of the molecule is COC(=O)n1ccc(OC)c1-c1ccc(F)cc1F. The van der Waals surface area contributed by atoms with E-state index in [9.17, 15) is 13.6 Å². The van der Waals surface area contributed by atoms with E-state index in [0.717, 1.165) is 16.7 Å². The van der Waals surface area contributed by atoms with Gasteiger partial charge in [-0.25, -0.2) is 18.1 Å². The number of carbonyl (C=O) groups is 1. The molecular formula is C13H11F2NO3. The fourth-order valence-corrected chi connectivity index (χ4v) is 1.77. The maximum absolute atomic E-state index is 13.8. The molecule has 6 heteroatoms. The molecule has 100 valence electrons. The van der Waals surface area contributed by atoms with Crippen LogP contribution < -0.4 is 4.74 Å². The van der Waals surface area contributed by atoms with Gasteiger partial charge in [-0.3, -0.25) is 0 Å². The minimum atomic E-state index is -0.790. The summed E-state index contributed by atoms with van der Waals surface area (Å²) in [5.74, 6) is -1.20. The fourth-order valence-electron chi connectivity index (χ4n) is 1.77. The lowest BCUT2D eigenvalue weighted by Crippen LogP contribution is -2.12. The molecule has 19 heavy (non-hydrogen) atoms. The molecule has 0 saturated heterocycles. The first-order valence-electron chi connectivity index (χ1n) is 5.37. The van der Waals surface area contributed by atoms with Crippen molar-refractivity contribution in [3.8, 4) is 17.0 Å². The minimum Gasteiger partial charge on any atom is -0.494 e. The third-order valence-corrected chi connectivity index (χ3v) is 2.63. The predicted octanol–water partition coefficient (Wildman–Crippen LogP) is 3.06. The van der Waals surface area contributed by atoms with Crippen molar-refractivity contribution >= 4 is 6.09 Å². The highest BCUT2D eigenvalue weighted by Gasteiger charge is 2.20. The second kappa shape index (κ2) is 5.09. The summed E-state index contributed by atoms with van der Waals surface area (Å²) in [6, 6.07) is 4.58. The van der Waals surface area contributed by atoms with Crippen LogP contribution in [0.15, 0.2) is 30.5 Å². The van der Waals surface area contributed by atoms with E-state index in [-0.39, 0.29) is 17.0 Å². The molecule has 0 aliphatic rings. The molecule has 1 aromatic carbocycles. The Kier molecular flexibility index (Phi) is 3.50. The van der Waals surface area contributed by atoms with Crippen molar-refractivity contribution < 1.29 is 23.0 Å². The molecule has 2 rings (SSSR count). The maximum atomic E-state index is 13.8. The van der Waals surface area contributed by atoms with E-state index in [4.69, 9.17) is 4.74 Å². The zero-order valence-electron chi connectivity index (χ0n) is 10.3. The van der Waals surface area contributed by atoms with Crippen molar-refractivity contribution in [2.75, 3.05) is 14.2 Å². The summed E-state index contributed by atoms with van der Waals surface area (Å²) in [7, 11) is 2.60. The van der Waals surface area contributed by atoms with Gasteiger partial charge in [0.15, 0.2) is 0 Å². The van der Waals surface area contributed by atoms with Gasteiger partial charge in [-0.15, -0.1) is 0 Å². The van der Waals surface area contributed by atoms with Gasteiger partial charge in [-0.2, -0.15) is 0 Å². The molecule has 0 bridgehead atoms. The Bertz CT molecular complexity index is 622. The Morgan fingerprint density at radius 1 is 1.21 bits per heavy atom. The van der Waals surface area contributed by atoms with E-state index in [0.29, 0.717) is 0 Å². The number of benzene rings is 1. The smallest absolute Gasteiger partial charge is 0.418 e. The van der Waals surface area contributed by atoms with Crippen LogP contribution in [-0.4, -0.2) is 24.9 Å². The maximum Gasteiger partial charge on any atom is 0.418 e. The molecule has 0 aliphatic carbocycles. The Morgan fingerprint density at radius 3 is 2.53 bits per heavy atom. The quantitative estimate of drug-likeness (QED) is 0.839. The standard InChI is InChI=1S/C13H11F2NO3/c1-18-11-5-6-16(13(17)19-2)12(11)9-4-3-8(14)7-10(9)15/h3-7H,1-2H3. The van der Waals surface area contributed by atoms with Gasteiger partial charge in [0.25, 0.3) is 0 Å². The Morgan fingerprint density at radius 2 is 1.95 bits per heavy atom. The lowest BCUT2D eigenvalue weighted by atomic mass is 10.1. The van der Waals surface area contributed by atoms with E-state index >= 15 is 0 Å². The molecule has 0 radical (unpaired) electrons. The van der Waals surface area contributed by atoms with Gasteiger partial charge in [0, 0.05) is 17.8 Å². The highest BCUT2D eigenvalue weighted by Crippen LogP contribution is 2.33. The van der Waals surface area contributed by atoms with Crippen molar-refractivity contribution in [1.29, 1.82) is 0 Å². The van der Waals surface area contributed by atoms with E-state index in [1.165, 1.54) is 32.5 Å². The second-order valence-corrected chi connectivity index (χ2v) is 3.70. The first-order valence-corrected chi connectivity index (χ1v) is 5.37. The van der Waals surface area contributed by atoms with Crippen LogP contribution in [0.1, 0.15) is 0 Å². The molecule has 0 aliphatic heterocycles. The third kappa shape index (κ3) is 2.29. The van der Waals surface area contributed by atoms with Gasteiger partial charge in [0.2, 0.25) is 0 Å². The monoisotopic (exact) mass is 267 g/mol. The van der Waals surface area contributed by atoms with Crippen LogP contribution in [0.5, 0.6) is 5.75 Å². The van der Waals surface area contributed by atoms with Crippen LogP contribution in [0.4, 0.5) is 13.6 Å². The van der Waals surface area contributed by atoms with Crippen molar-refractivity contribution in [3.05, 3.63) is 42.1 Å². The number of carbonyl (C=O) groups excluding carboxylic acids is 1. The molecule has 0 saturated carbocycles. The van der Waals surface area contributed by atoms with Crippen molar-refractivity contribution in [2.24, 2.45) is 0 Å². The lowest BCUT2D eigenvalue weighted by Gasteiger charge is -2.10. The highest BCUT2D eigenvalue weighted by molar-refractivity contribution is 5.81. The second-order valence-electron chi connectivity index (χ2n) is 3.70. The number of hydrogen-bond acceptors (Lipinski definition) is 3. The van der Waals surface area contributed by atoms with E-state index in [1.807, 2.05) is 0 Å². The molecule has 0 fully saturated rings. The van der Waals surface area contributed by atoms with Gasteiger partial charge in [0.1, 0.15) is 23.1 Å². The average molecular weight is 267 g/mol. The van der Waals surface area contributed by atoms with Crippen molar-refractivity contribution in [2.45, 2.75) is 0 Å². The summed E-state index contributed by atoms with van der Waals surface area (Å²) in [5, 5.41) is 0. The largest absolute Gasteiger partial charge is 0.494 e. The van der Waals surface area contributed by atoms with Crippen molar-refractivity contribution in [1.82, 2.24) is 4.57 Å². The van der Waals surface area contributed by atoms with Gasteiger partial charge in [-0.05, 0) is 18.2 Å². The summed E-state index contributed by atoms with van der Waals surface area (Å²) < 4.78 is 37.5. The molecule has 2 aromatic rings. The number of rotatable bonds is 2. The normalized spacial score (nSPS) is 10.3. The number of halogens is 2. The van der Waals surface area contributed by atoms with Crippen LogP contribution in [-0.2, 0) is 4.74 Å². The van der Waals surface area contributed by atoms with E-state index in [1.54, 1.807) is 0 Å². The average Bonchev–Trinajstić information content (AvgIpc) is 2.81. The first kappa shape index (κ1) is 13.1. The summed E-state index contributed by atoms with van der Waals surface area (Å²) >= 11 is 0. The molecule has 1 heterocycles. The lowest BCUT2D eigenvalue weighted by molar-refractivity contribution is 0.173. The summed E-state index contributed by atoms with van der Waals surface area (Å²) in [6.07, 6.45) is 0.699. The van der Waals surface area contributed by atoms with E-state index < -0.39 is 17.7 Å². The number of hydrogen-bond donors (Lipinski definition) is 0. The Balaban J connectivity index is 2.65. The number of methoxy groups -OCH3 is 2. The van der Waals surface area contributed by atoms with Crippen LogP contribution in [0.3, 0.4) is 0 Å². The van der Waals surface area contributed by atoms with Gasteiger partial charge in [-0.1, -0.05) is 0 Å². The number of aromatic nitrogens is 1. The summed E-state index contributed by atoms with van der Waals surface area (Å²) in [6.45, 7) is 0. The predicted molar refractivity (Wildman–Crippen MR) is 64.1 cm³/mol. The van der Waals surface area contributed by atoms with E-state index in [2.05, 4.69) is 4.74 Å². The minimum absolute atomic E-state index is 0.0497. The summed E-state index contributed by atoms with van der Waals surface area (Å²) in [4.78, 5) is 11.6. The zero-order chi connectivity index (χ0) is 14.0. The molecule has 0 spiro atoms.